The average Bonchev–Trinajstić information content (AvgIpc) is 2.51. The zero-order chi connectivity index (χ0) is 15.4. The van der Waals surface area contributed by atoms with Crippen LogP contribution in [-0.2, 0) is 0 Å². The minimum Gasteiger partial charge on any atom is -0.497 e. The molecule has 0 bridgehead atoms. The predicted molar refractivity (Wildman–Crippen MR) is 81.6 cm³/mol. The van der Waals surface area contributed by atoms with Gasteiger partial charge < -0.3 is 14.4 Å². The lowest BCUT2D eigenvalue weighted by Gasteiger charge is -2.39. The molecular formula is C16H23N3O2. The highest BCUT2D eigenvalue weighted by Crippen LogP contribution is 2.33. The van der Waals surface area contributed by atoms with Crippen LogP contribution in [0.2, 0.25) is 0 Å². The largest absolute Gasteiger partial charge is 0.497 e. The van der Waals surface area contributed by atoms with E-state index in [0.717, 1.165) is 30.9 Å². The Labute approximate surface area is 126 Å². The summed E-state index contributed by atoms with van der Waals surface area (Å²) in [5.74, 6) is 1.44. The van der Waals surface area contributed by atoms with Crippen LogP contribution in [0, 0.1) is 11.3 Å². The van der Waals surface area contributed by atoms with E-state index in [1.807, 2.05) is 18.2 Å². The van der Waals surface area contributed by atoms with Gasteiger partial charge in [0.2, 0.25) is 0 Å². The Kier molecular flexibility index (Phi) is 5.05. The molecule has 1 fully saturated rings. The van der Waals surface area contributed by atoms with E-state index >= 15 is 0 Å². The highest BCUT2D eigenvalue weighted by atomic mass is 16.5. The molecule has 21 heavy (non-hydrogen) atoms. The van der Waals surface area contributed by atoms with E-state index in [4.69, 9.17) is 9.47 Å². The van der Waals surface area contributed by atoms with E-state index in [1.165, 1.54) is 0 Å². The molecule has 2 rings (SSSR count). The summed E-state index contributed by atoms with van der Waals surface area (Å²) in [6, 6.07) is 8.21. The molecule has 114 valence electrons. The fourth-order valence-electron chi connectivity index (χ4n) is 2.70. The molecule has 0 N–H and O–H groups in total. The van der Waals surface area contributed by atoms with Crippen molar-refractivity contribution in [3.8, 4) is 17.6 Å². The standard InChI is InChI=1S/C16H23N3O2/c1-12-11-19(8-7-18(12)2)15(10-17)14-6-5-13(20-3)9-16(14)21-4/h5-6,9,12,15H,7-8,11H2,1-4H3. The van der Waals surface area contributed by atoms with Crippen molar-refractivity contribution in [1.82, 2.24) is 9.80 Å². The van der Waals surface area contributed by atoms with E-state index in [9.17, 15) is 5.26 Å². The molecule has 5 nitrogen and oxygen atoms in total. The van der Waals surface area contributed by atoms with Crippen LogP contribution < -0.4 is 9.47 Å². The van der Waals surface area contributed by atoms with Crippen LogP contribution in [0.15, 0.2) is 18.2 Å². The molecule has 0 aliphatic carbocycles. The molecule has 2 atom stereocenters. The molecule has 1 aliphatic rings. The first-order chi connectivity index (χ1) is 10.1. The number of nitrogens with zero attached hydrogens (tertiary/aromatic N) is 3. The summed E-state index contributed by atoms with van der Waals surface area (Å²) < 4.78 is 10.7. The minimum atomic E-state index is -0.290. The third-order valence-corrected chi connectivity index (χ3v) is 4.21. The molecule has 1 heterocycles. The first-order valence-corrected chi connectivity index (χ1v) is 7.16. The maximum atomic E-state index is 9.64. The number of benzene rings is 1. The van der Waals surface area contributed by atoms with E-state index < -0.39 is 0 Å². The maximum Gasteiger partial charge on any atom is 0.128 e. The van der Waals surface area contributed by atoms with Crippen LogP contribution >= 0.6 is 0 Å². The number of nitriles is 1. The maximum absolute atomic E-state index is 9.64. The molecule has 0 radical (unpaired) electrons. The fourth-order valence-corrected chi connectivity index (χ4v) is 2.70. The van der Waals surface area contributed by atoms with Crippen molar-refractivity contribution in [1.29, 1.82) is 5.26 Å². The van der Waals surface area contributed by atoms with E-state index in [1.54, 1.807) is 14.2 Å². The van der Waals surface area contributed by atoms with Crippen molar-refractivity contribution < 1.29 is 9.47 Å². The van der Waals surface area contributed by atoms with Crippen LogP contribution in [0.5, 0.6) is 11.5 Å². The van der Waals surface area contributed by atoms with Crippen molar-refractivity contribution in [2.45, 2.75) is 19.0 Å². The van der Waals surface area contributed by atoms with Gasteiger partial charge in [0.05, 0.1) is 20.3 Å². The SMILES string of the molecule is COc1ccc(C(C#N)N2CCN(C)C(C)C2)c(OC)c1. The van der Waals surface area contributed by atoms with Gasteiger partial charge in [-0.05, 0) is 26.1 Å². The monoisotopic (exact) mass is 289 g/mol. The van der Waals surface area contributed by atoms with E-state index in [2.05, 4.69) is 29.8 Å². The summed E-state index contributed by atoms with van der Waals surface area (Å²) in [5, 5.41) is 9.64. The molecule has 5 heteroatoms. The second-order valence-corrected chi connectivity index (χ2v) is 5.46. The second-order valence-electron chi connectivity index (χ2n) is 5.46. The number of piperazine rings is 1. The van der Waals surface area contributed by atoms with Crippen LogP contribution in [0.1, 0.15) is 18.5 Å². The van der Waals surface area contributed by atoms with Crippen LogP contribution in [0.4, 0.5) is 0 Å². The zero-order valence-corrected chi connectivity index (χ0v) is 13.2. The summed E-state index contributed by atoms with van der Waals surface area (Å²) in [5.41, 5.74) is 0.901. The summed E-state index contributed by atoms with van der Waals surface area (Å²) in [7, 11) is 5.37. The Morgan fingerprint density at radius 2 is 2.05 bits per heavy atom. The predicted octanol–water partition coefficient (Wildman–Crippen LogP) is 1.90. The summed E-state index contributed by atoms with van der Waals surface area (Å²) in [6.07, 6.45) is 0. The molecule has 1 aromatic rings. The lowest BCUT2D eigenvalue weighted by molar-refractivity contribution is 0.0873. The quantitative estimate of drug-likeness (QED) is 0.847. The van der Waals surface area contributed by atoms with Crippen molar-refractivity contribution in [3.63, 3.8) is 0 Å². The Morgan fingerprint density at radius 3 is 2.62 bits per heavy atom. The summed E-state index contributed by atoms with van der Waals surface area (Å²) in [6.45, 7) is 4.92. The van der Waals surface area contributed by atoms with Crippen molar-refractivity contribution in [2.24, 2.45) is 0 Å². The highest BCUT2D eigenvalue weighted by Gasteiger charge is 2.29. The van der Waals surface area contributed by atoms with Gasteiger partial charge in [-0.2, -0.15) is 5.26 Å². The van der Waals surface area contributed by atoms with Crippen LogP contribution in [0.25, 0.3) is 0 Å². The van der Waals surface area contributed by atoms with Gasteiger partial charge in [0.1, 0.15) is 17.5 Å². The van der Waals surface area contributed by atoms with Crippen molar-refractivity contribution >= 4 is 0 Å². The third-order valence-electron chi connectivity index (χ3n) is 4.21. The lowest BCUT2D eigenvalue weighted by Crippen LogP contribution is -2.50. The molecule has 2 unspecified atom stereocenters. The molecule has 1 aromatic carbocycles. The molecule has 1 saturated heterocycles. The van der Waals surface area contributed by atoms with Crippen molar-refractivity contribution in [2.75, 3.05) is 40.9 Å². The van der Waals surface area contributed by atoms with Gasteiger partial charge in [0.25, 0.3) is 0 Å². The first kappa shape index (κ1) is 15.6. The van der Waals surface area contributed by atoms with Gasteiger partial charge in [-0.3, -0.25) is 4.90 Å². The number of rotatable bonds is 4. The summed E-state index contributed by atoms with van der Waals surface area (Å²) >= 11 is 0. The van der Waals surface area contributed by atoms with E-state index in [-0.39, 0.29) is 6.04 Å². The molecule has 0 aromatic heterocycles. The fraction of sp³-hybridized carbons (Fsp3) is 0.562. The Bertz CT molecular complexity index is 527. The number of hydrogen-bond acceptors (Lipinski definition) is 5. The normalized spacial score (nSPS) is 21.6. The third kappa shape index (κ3) is 3.29. The topological polar surface area (TPSA) is 48.7 Å². The molecule has 0 amide bonds. The van der Waals surface area contributed by atoms with Gasteiger partial charge in [-0.15, -0.1) is 0 Å². The molecule has 0 saturated carbocycles. The first-order valence-electron chi connectivity index (χ1n) is 7.16. The van der Waals surface area contributed by atoms with Gasteiger partial charge in [0.15, 0.2) is 0 Å². The zero-order valence-electron chi connectivity index (χ0n) is 13.2. The Balaban J connectivity index is 2.27. The number of methoxy groups -OCH3 is 2. The number of ether oxygens (including phenoxy) is 2. The highest BCUT2D eigenvalue weighted by molar-refractivity contribution is 5.44. The van der Waals surface area contributed by atoms with Gasteiger partial charge in [-0.25, -0.2) is 0 Å². The molecular weight excluding hydrogens is 266 g/mol. The van der Waals surface area contributed by atoms with Crippen LogP contribution in [-0.4, -0.2) is 56.7 Å². The number of hydrogen-bond donors (Lipinski definition) is 0. The average molecular weight is 289 g/mol. The van der Waals surface area contributed by atoms with Gasteiger partial charge >= 0.3 is 0 Å². The Hall–Kier alpha value is -1.77. The number of likely N-dealkylation sites (N-methyl/N-ethyl adjacent to an activating group) is 1. The van der Waals surface area contributed by atoms with Crippen molar-refractivity contribution in [3.05, 3.63) is 23.8 Å². The molecule has 0 spiro atoms. The molecule has 1 aliphatic heterocycles. The second kappa shape index (κ2) is 6.79. The smallest absolute Gasteiger partial charge is 0.128 e. The Morgan fingerprint density at radius 1 is 1.29 bits per heavy atom. The summed E-state index contributed by atoms with van der Waals surface area (Å²) in [4.78, 5) is 4.53. The van der Waals surface area contributed by atoms with Gasteiger partial charge in [-0.1, -0.05) is 0 Å². The van der Waals surface area contributed by atoms with Crippen LogP contribution in [0.3, 0.4) is 0 Å². The van der Waals surface area contributed by atoms with E-state index in [0.29, 0.717) is 11.8 Å². The lowest BCUT2D eigenvalue weighted by atomic mass is 10.0. The van der Waals surface area contributed by atoms with Gasteiger partial charge in [0, 0.05) is 37.3 Å². The minimum absolute atomic E-state index is 0.290.